The van der Waals surface area contributed by atoms with Crippen LogP contribution in [0.15, 0.2) is 53.7 Å². The maximum Gasteiger partial charge on any atom is 0.261 e. The number of methoxy groups -OCH3 is 2. The van der Waals surface area contributed by atoms with E-state index in [0.717, 1.165) is 12.8 Å². The van der Waals surface area contributed by atoms with Gasteiger partial charge in [0.2, 0.25) is 5.88 Å². The first kappa shape index (κ1) is 32.4. The van der Waals surface area contributed by atoms with E-state index in [2.05, 4.69) is 43.0 Å². The number of hydrogen-bond acceptors (Lipinski definition) is 9. The number of carbonyl (C=O) groups excluding carboxylic acids is 1. The smallest absolute Gasteiger partial charge is 0.261 e. The number of aromatic nitrogens is 2. The SMILES string of the molecule is CC.CC.COC1=CNC(C(F)F)C=C1c1cc(-c2ccc(OC)nc2)ncc1C(=O)NC1NN=C(C#CC2CC2)S1.[HH]. The Morgan fingerprint density at radius 1 is 1.14 bits per heavy atom. The highest BCUT2D eigenvalue weighted by molar-refractivity contribution is 8.15. The highest BCUT2D eigenvalue weighted by Crippen LogP contribution is 2.33. The molecule has 9 nitrogen and oxygen atoms in total. The van der Waals surface area contributed by atoms with Crippen LogP contribution < -0.4 is 20.8 Å². The Hall–Kier alpha value is -4.11. The van der Waals surface area contributed by atoms with Crippen molar-refractivity contribution < 1.29 is 24.5 Å². The molecule has 3 aliphatic rings. The molecule has 0 saturated heterocycles. The topological polar surface area (TPSA) is 110 Å². The van der Waals surface area contributed by atoms with Crippen molar-refractivity contribution in [2.24, 2.45) is 11.0 Å². The van der Waals surface area contributed by atoms with Crippen LogP contribution >= 0.6 is 11.8 Å². The number of halogens is 2. The van der Waals surface area contributed by atoms with Gasteiger partial charge in [0.25, 0.3) is 12.3 Å². The Labute approximate surface area is 251 Å². The van der Waals surface area contributed by atoms with E-state index in [1.54, 1.807) is 24.4 Å². The Balaban J connectivity index is 0.00000124. The number of hydrogen-bond donors (Lipinski definition) is 3. The Bertz CT molecular complexity index is 1390. The van der Waals surface area contributed by atoms with E-state index in [1.807, 2.05) is 27.7 Å². The van der Waals surface area contributed by atoms with Crippen LogP contribution in [0.25, 0.3) is 16.8 Å². The molecule has 3 N–H and O–H groups in total. The lowest BCUT2D eigenvalue weighted by atomic mass is 9.94. The molecule has 2 atom stereocenters. The molecule has 2 aromatic heterocycles. The lowest BCUT2D eigenvalue weighted by Crippen LogP contribution is -2.39. The second-order valence-electron chi connectivity index (χ2n) is 8.59. The van der Waals surface area contributed by atoms with E-state index in [9.17, 15) is 13.6 Å². The number of allylic oxidation sites excluding steroid dienone is 1. The maximum absolute atomic E-state index is 13.6. The molecular weight excluding hydrogens is 562 g/mol. The Morgan fingerprint density at radius 2 is 1.90 bits per heavy atom. The number of pyridine rings is 2. The first-order chi connectivity index (χ1) is 20.4. The molecule has 42 heavy (non-hydrogen) atoms. The predicted molar refractivity (Wildman–Crippen MR) is 165 cm³/mol. The molecule has 1 saturated carbocycles. The minimum absolute atomic E-state index is 0. The maximum atomic E-state index is 13.6. The number of alkyl halides is 2. The molecule has 0 aromatic carbocycles. The van der Waals surface area contributed by atoms with Crippen LogP contribution in [0.4, 0.5) is 8.78 Å². The number of dihydropyridines is 1. The molecule has 5 rings (SSSR count). The summed E-state index contributed by atoms with van der Waals surface area (Å²) in [5.41, 5.74) is 4.35. The van der Waals surface area contributed by atoms with Gasteiger partial charge in [0.15, 0.2) is 10.5 Å². The molecule has 2 unspecified atom stereocenters. The number of ether oxygens (including phenoxy) is 2. The minimum Gasteiger partial charge on any atom is -0.495 e. The number of rotatable bonds is 7. The van der Waals surface area contributed by atoms with Crippen molar-refractivity contribution in [3.05, 3.63) is 59.8 Å². The number of carbonyl (C=O) groups is 1. The second kappa shape index (κ2) is 15.8. The fourth-order valence-corrected chi connectivity index (χ4v) is 4.47. The van der Waals surface area contributed by atoms with Gasteiger partial charge >= 0.3 is 0 Å². The summed E-state index contributed by atoms with van der Waals surface area (Å²) in [5, 5.41) is 10.2. The summed E-state index contributed by atoms with van der Waals surface area (Å²) in [5.74, 6) is 6.86. The van der Waals surface area contributed by atoms with Crippen LogP contribution in [0, 0.1) is 17.8 Å². The molecular formula is C30H38F2N6O3S. The van der Waals surface area contributed by atoms with Crippen molar-refractivity contribution in [2.45, 2.75) is 58.5 Å². The summed E-state index contributed by atoms with van der Waals surface area (Å²) in [7, 11) is 2.94. The Kier molecular flexibility index (Phi) is 12.2. The van der Waals surface area contributed by atoms with Crippen LogP contribution in [-0.4, -0.2) is 53.1 Å². The van der Waals surface area contributed by atoms with Gasteiger partial charge in [-0.3, -0.25) is 15.2 Å². The first-order valence-corrected chi connectivity index (χ1v) is 14.7. The molecule has 2 aromatic rings. The lowest BCUT2D eigenvalue weighted by molar-refractivity contribution is 0.0945. The number of amides is 1. The Morgan fingerprint density at radius 3 is 2.52 bits per heavy atom. The average molecular weight is 601 g/mol. The summed E-state index contributed by atoms with van der Waals surface area (Å²) < 4.78 is 37.8. The van der Waals surface area contributed by atoms with Crippen LogP contribution in [0.1, 0.15) is 57.9 Å². The standard InChI is InChI=1S/C26H24F2N6O3S.2C2H6.H2/c1-36-21-13-30-20(24(27)28)10-17(21)16-9-19(15-6-7-22(37-2)31-11-15)29-12-18(16)25(35)32-26-34-33-23(38-26)8-5-14-3-4-14;2*1-2;/h6-7,9-14,20,24,26,30,34H,3-4H2,1-2H3,(H,32,35);2*1-2H3;1H. The fourth-order valence-electron chi connectivity index (χ4n) is 3.75. The van der Waals surface area contributed by atoms with Crippen molar-refractivity contribution >= 4 is 28.3 Å². The number of nitrogens with one attached hydrogen (secondary N) is 3. The molecule has 12 heteroatoms. The van der Waals surface area contributed by atoms with Crippen LogP contribution in [0.5, 0.6) is 5.88 Å². The van der Waals surface area contributed by atoms with Crippen molar-refractivity contribution in [3.63, 3.8) is 0 Å². The summed E-state index contributed by atoms with van der Waals surface area (Å²) in [6.45, 7) is 8.00. The van der Waals surface area contributed by atoms with Crippen molar-refractivity contribution in [1.29, 1.82) is 0 Å². The van der Waals surface area contributed by atoms with Crippen LogP contribution in [0.3, 0.4) is 0 Å². The van der Waals surface area contributed by atoms with Gasteiger partial charge in [-0.15, -0.1) is 0 Å². The molecule has 1 aliphatic carbocycles. The minimum atomic E-state index is -2.67. The van der Waals surface area contributed by atoms with E-state index in [1.165, 1.54) is 44.5 Å². The summed E-state index contributed by atoms with van der Waals surface area (Å²) in [4.78, 5) is 22.1. The van der Waals surface area contributed by atoms with Gasteiger partial charge in [0.1, 0.15) is 11.8 Å². The zero-order valence-electron chi connectivity index (χ0n) is 24.5. The molecule has 1 amide bonds. The van der Waals surface area contributed by atoms with Gasteiger partial charge in [0, 0.05) is 48.7 Å². The van der Waals surface area contributed by atoms with Crippen LogP contribution in [0.2, 0.25) is 0 Å². The van der Waals surface area contributed by atoms with Gasteiger partial charge in [0.05, 0.1) is 25.5 Å². The van der Waals surface area contributed by atoms with E-state index < -0.39 is 23.9 Å². The molecule has 0 bridgehead atoms. The van der Waals surface area contributed by atoms with Crippen molar-refractivity contribution in [1.82, 2.24) is 26.0 Å². The lowest BCUT2D eigenvalue weighted by Gasteiger charge is -2.24. The summed E-state index contributed by atoms with van der Waals surface area (Å²) >= 11 is 1.29. The predicted octanol–water partition coefficient (Wildman–Crippen LogP) is 5.64. The average Bonchev–Trinajstić information content (AvgIpc) is 3.78. The number of hydrazone groups is 1. The third kappa shape index (κ3) is 8.22. The van der Waals surface area contributed by atoms with Gasteiger partial charge in [-0.2, -0.15) is 5.10 Å². The zero-order chi connectivity index (χ0) is 30.6. The third-order valence-electron chi connectivity index (χ3n) is 5.93. The van der Waals surface area contributed by atoms with E-state index >= 15 is 0 Å². The van der Waals surface area contributed by atoms with Gasteiger partial charge < -0.3 is 20.1 Å². The first-order valence-electron chi connectivity index (χ1n) is 13.8. The third-order valence-corrected chi connectivity index (χ3v) is 6.80. The fraction of sp³-hybridized carbons (Fsp3) is 0.400. The molecule has 4 heterocycles. The normalized spacial score (nSPS) is 18.5. The number of nitrogens with zero attached hydrogens (tertiary/aromatic N) is 3. The molecule has 0 spiro atoms. The summed E-state index contributed by atoms with van der Waals surface area (Å²) in [6.07, 6.45) is 5.25. The van der Waals surface area contributed by atoms with Crippen LogP contribution in [-0.2, 0) is 4.74 Å². The van der Waals surface area contributed by atoms with Gasteiger partial charge in [-0.05, 0) is 48.7 Å². The van der Waals surface area contributed by atoms with Gasteiger partial charge in [-0.25, -0.2) is 13.8 Å². The summed E-state index contributed by atoms with van der Waals surface area (Å²) in [6, 6.07) is 3.85. The molecule has 1 fully saturated rings. The molecule has 2 aliphatic heterocycles. The monoisotopic (exact) mass is 600 g/mol. The van der Waals surface area contributed by atoms with E-state index in [4.69, 9.17) is 9.47 Å². The largest absolute Gasteiger partial charge is 0.495 e. The van der Waals surface area contributed by atoms with E-state index in [-0.39, 0.29) is 6.99 Å². The van der Waals surface area contributed by atoms with Crippen molar-refractivity contribution in [2.75, 3.05) is 14.2 Å². The molecule has 226 valence electrons. The highest BCUT2D eigenvalue weighted by Gasteiger charge is 2.29. The van der Waals surface area contributed by atoms with E-state index in [0.29, 0.717) is 45.0 Å². The van der Waals surface area contributed by atoms with Gasteiger partial charge in [-0.1, -0.05) is 33.6 Å². The quantitative estimate of drug-likeness (QED) is 0.351. The molecule has 0 radical (unpaired) electrons. The second-order valence-corrected chi connectivity index (χ2v) is 9.68. The zero-order valence-corrected chi connectivity index (χ0v) is 25.3. The number of thioether (sulfide) groups is 1. The van der Waals surface area contributed by atoms with Crippen molar-refractivity contribution in [3.8, 4) is 29.0 Å². The highest BCUT2D eigenvalue weighted by atomic mass is 32.2.